The van der Waals surface area contributed by atoms with Gasteiger partial charge in [0.05, 0.1) is 33.6 Å². The maximum atomic E-state index is 10.7. The summed E-state index contributed by atoms with van der Waals surface area (Å²) in [6.45, 7) is 8.31. The smallest absolute Gasteiger partial charge is 0.200 e. The first-order valence-electron chi connectivity index (χ1n) is 15.4. The first kappa shape index (κ1) is 27.6. The number of para-hydroxylation sites is 1. The highest BCUT2D eigenvalue weighted by atomic mass is 32.1. The molecule has 0 unspecified atom stereocenters. The van der Waals surface area contributed by atoms with E-state index in [4.69, 9.17) is 21.5 Å². The number of rotatable bonds is 4. The van der Waals surface area contributed by atoms with Gasteiger partial charge in [-0.1, -0.05) is 109 Å². The molecule has 6 nitrogen and oxygen atoms in total. The predicted octanol–water partition coefficient (Wildman–Crippen LogP) is 10.8. The van der Waals surface area contributed by atoms with Crippen LogP contribution in [0.4, 0.5) is 5.69 Å². The standard InChI is InChI=1S/C41H22N6S/c1-43-33-23-35(47-34-18-10-8-16-28(34)30-20-21-31-29-17-9-11-19-36(29)48-38(31)37(30)47)27(24-42)22-32(33)41-45-39(25-12-4-2-5-13-25)44-40(46-41)26-14-6-3-7-15-26/h2-23H. The first-order chi connectivity index (χ1) is 23.7. The second-order valence-electron chi connectivity index (χ2n) is 11.4. The number of benzene rings is 6. The second-order valence-corrected chi connectivity index (χ2v) is 12.5. The number of fused-ring (bicyclic) bond motifs is 7. The number of aromatic nitrogens is 4. The Labute approximate surface area is 279 Å². The van der Waals surface area contributed by atoms with Crippen molar-refractivity contribution in [2.75, 3.05) is 0 Å². The Morgan fingerprint density at radius 2 is 1.23 bits per heavy atom. The molecule has 0 atom stereocenters. The highest BCUT2D eigenvalue weighted by molar-refractivity contribution is 7.26. The lowest BCUT2D eigenvalue weighted by Crippen LogP contribution is -2.02. The van der Waals surface area contributed by atoms with Gasteiger partial charge < -0.3 is 4.57 Å². The van der Waals surface area contributed by atoms with Crippen LogP contribution >= 0.6 is 11.3 Å². The van der Waals surface area contributed by atoms with Crippen LogP contribution in [0.1, 0.15) is 5.56 Å². The number of thiophene rings is 1. The summed E-state index contributed by atoms with van der Waals surface area (Å²) < 4.78 is 4.49. The summed E-state index contributed by atoms with van der Waals surface area (Å²) in [4.78, 5) is 18.5. The van der Waals surface area contributed by atoms with Crippen molar-refractivity contribution in [3.8, 4) is 45.9 Å². The molecular weight excluding hydrogens is 609 g/mol. The molecule has 9 rings (SSSR count). The van der Waals surface area contributed by atoms with Gasteiger partial charge in [0.15, 0.2) is 23.2 Å². The summed E-state index contributed by atoms with van der Waals surface area (Å²) in [5.41, 5.74) is 5.54. The molecule has 3 heterocycles. The minimum atomic E-state index is 0.339. The van der Waals surface area contributed by atoms with Crippen LogP contribution in [-0.2, 0) is 0 Å². The van der Waals surface area contributed by atoms with Crippen molar-refractivity contribution in [3.05, 3.63) is 150 Å². The van der Waals surface area contributed by atoms with E-state index in [-0.39, 0.29) is 0 Å². The van der Waals surface area contributed by atoms with Crippen molar-refractivity contribution >= 4 is 59.0 Å². The minimum Gasteiger partial charge on any atom is -0.308 e. The van der Waals surface area contributed by atoms with Crippen LogP contribution in [0.25, 0.3) is 86.7 Å². The van der Waals surface area contributed by atoms with Crippen molar-refractivity contribution in [2.24, 2.45) is 0 Å². The van der Waals surface area contributed by atoms with Crippen LogP contribution in [0.3, 0.4) is 0 Å². The molecule has 7 heteroatoms. The van der Waals surface area contributed by atoms with Gasteiger partial charge in [0, 0.05) is 42.9 Å². The van der Waals surface area contributed by atoms with E-state index in [1.165, 1.54) is 15.5 Å². The molecule has 0 aliphatic rings. The quantitative estimate of drug-likeness (QED) is 0.181. The van der Waals surface area contributed by atoms with Gasteiger partial charge in [0.1, 0.15) is 6.07 Å². The summed E-state index contributed by atoms with van der Waals surface area (Å²) in [6, 6.07) is 46.5. The Hall–Kier alpha value is -6.67. The molecule has 0 amide bonds. The van der Waals surface area contributed by atoms with E-state index in [0.717, 1.165) is 37.6 Å². The molecule has 0 saturated carbocycles. The topological polar surface area (TPSA) is 71.8 Å². The van der Waals surface area contributed by atoms with Crippen LogP contribution in [0.2, 0.25) is 0 Å². The molecule has 222 valence electrons. The predicted molar refractivity (Wildman–Crippen MR) is 194 cm³/mol. The fourth-order valence-corrected chi connectivity index (χ4v) is 7.77. The largest absolute Gasteiger partial charge is 0.308 e. The van der Waals surface area contributed by atoms with Crippen molar-refractivity contribution in [2.45, 2.75) is 0 Å². The molecule has 48 heavy (non-hydrogen) atoms. The van der Waals surface area contributed by atoms with E-state index in [9.17, 15) is 5.26 Å². The normalized spacial score (nSPS) is 11.3. The van der Waals surface area contributed by atoms with Gasteiger partial charge in [-0.3, -0.25) is 0 Å². The zero-order valence-corrected chi connectivity index (χ0v) is 26.1. The van der Waals surface area contributed by atoms with E-state index in [1.807, 2.05) is 78.9 Å². The fourth-order valence-electron chi connectivity index (χ4n) is 6.53. The molecule has 0 aliphatic heterocycles. The van der Waals surface area contributed by atoms with Gasteiger partial charge in [0.2, 0.25) is 0 Å². The highest BCUT2D eigenvalue weighted by Crippen LogP contribution is 2.44. The maximum Gasteiger partial charge on any atom is 0.200 e. The van der Waals surface area contributed by atoms with E-state index in [0.29, 0.717) is 40.0 Å². The van der Waals surface area contributed by atoms with E-state index in [2.05, 4.69) is 64.0 Å². The first-order valence-corrected chi connectivity index (χ1v) is 16.2. The Balaban J connectivity index is 1.33. The molecule has 0 aliphatic carbocycles. The number of hydrogen-bond acceptors (Lipinski definition) is 5. The van der Waals surface area contributed by atoms with Gasteiger partial charge in [-0.15, -0.1) is 11.3 Å². The molecule has 0 spiro atoms. The average Bonchev–Trinajstić information content (AvgIpc) is 3.71. The summed E-state index contributed by atoms with van der Waals surface area (Å²) >= 11 is 1.75. The van der Waals surface area contributed by atoms with E-state index < -0.39 is 0 Å². The third-order valence-electron chi connectivity index (χ3n) is 8.72. The van der Waals surface area contributed by atoms with E-state index >= 15 is 0 Å². The molecule has 0 N–H and O–H groups in total. The van der Waals surface area contributed by atoms with Crippen LogP contribution < -0.4 is 0 Å². The number of nitrogens with zero attached hydrogens (tertiary/aromatic N) is 6. The molecule has 0 bridgehead atoms. The molecule has 0 fully saturated rings. The molecule has 9 aromatic rings. The van der Waals surface area contributed by atoms with Crippen molar-refractivity contribution in [1.82, 2.24) is 19.5 Å². The van der Waals surface area contributed by atoms with Crippen molar-refractivity contribution < 1.29 is 0 Å². The van der Waals surface area contributed by atoms with Gasteiger partial charge in [0.25, 0.3) is 0 Å². The third-order valence-corrected chi connectivity index (χ3v) is 9.91. The molecular formula is C41H22N6S. The SMILES string of the molecule is [C-]#[N+]c1cc(-n2c3ccccc3c3ccc4c5ccccc5sc4c32)c(C#N)cc1-c1nc(-c2ccccc2)nc(-c2ccccc2)n1. The summed E-state index contributed by atoms with van der Waals surface area (Å²) in [6.07, 6.45) is 0. The minimum absolute atomic E-state index is 0.339. The third kappa shape index (κ3) is 4.27. The lowest BCUT2D eigenvalue weighted by atomic mass is 10.0. The average molecular weight is 631 g/mol. The second kappa shape index (κ2) is 11.0. The fraction of sp³-hybridized carbons (Fsp3) is 0. The summed E-state index contributed by atoms with van der Waals surface area (Å²) in [5, 5.41) is 15.2. The summed E-state index contributed by atoms with van der Waals surface area (Å²) in [7, 11) is 0. The molecule has 6 aromatic carbocycles. The maximum absolute atomic E-state index is 10.7. The van der Waals surface area contributed by atoms with Gasteiger partial charge >= 0.3 is 0 Å². The van der Waals surface area contributed by atoms with Gasteiger partial charge in [-0.05, 0) is 24.3 Å². The van der Waals surface area contributed by atoms with Crippen LogP contribution in [0, 0.1) is 17.9 Å². The Morgan fingerprint density at radius 1 is 0.625 bits per heavy atom. The highest BCUT2D eigenvalue weighted by Gasteiger charge is 2.22. The lowest BCUT2D eigenvalue weighted by molar-refractivity contribution is 1.07. The van der Waals surface area contributed by atoms with Gasteiger partial charge in [-0.25, -0.2) is 19.8 Å². The van der Waals surface area contributed by atoms with Crippen LogP contribution in [-0.4, -0.2) is 19.5 Å². The zero-order chi connectivity index (χ0) is 32.2. The number of hydrogen-bond donors (Lipinski definition) is 0. The molecule has 0 saturated heterocycles. The summed E-state index contributed by atoms with van der Waals surface area (Å²) in [5.74, 6) is 1.32. The Bertz CT molecular complexity index is 2740. The van der Waals surface area contributed by atoms with Crippen LogP contribution in [0.5, 0.6) is 0 Å². The van der Waals surface area contributed by atoms with E-state index in [1.54, 1.807) is 17.4 Å². The Kier molecular flexibility index (Phi) is 6.33. The van der Waals surface area contributed by atoms with Crippen molar-refractivity contribution in [3.63, 3.8) is 0 Å². The lowest BCUT2D eigenvalue weighted by Gasteiger charge is -2.14. The molecule has 3 aromatic heterocycles. The Morgan fingerprint density at radius 3 is 1.92 bits per heavy atom. The molecule has 0 radical (unpaired) electrons. The monoisotopic (exact) mass is 630 g/mol. The zero-order valence-electron chi connectivity index (χ0n) is 25.3. The van der Waals surface area contributed by atoms with Gasteiger partial charge in [-0.2, -0.15) is 5.26 Å². The number of nitriles is 1. The van der Waals surface area contributed by atoms with Crippen molar-refractivity contribution in [1.29, 1.82) is 5.26 Å². The van der Waals surface area contributed by atoms with Crippen LogP contribution in [0.15, 0.2) is 133 Å².